The molecule has 1 aromatic heterocycles. The van der Waals surface area contributed by atoms with Crippen molar-refractivity contribution in [1.29, 1.82) is 0 Å². The first-order chi connectivity index (χ1) is 12.0. The number of rotatable bonds is 4. The zero-order chi connectivity index (χ0) is 17.4. The second kappa shape index (κ2) is 6.24. The zero-order valence-electron chi connectivity index (χ0n) is 14.8. The van der Waals surface area contributed by atoms with Gasteiger partial charge in [0.05, 0.1) is 6.20 Å². The van der Waals surface area contributed by atoms with Crippen LogP contribution in [0.3, 0.4) is 0 Å². The van der Waals surface area contributed by atoms with E-state index in [0.717, 1.165) is 13.1 Å². The van der Waals surface area contributed by atoms with Crippen molar-refractivity contribution >= 4 is 10.8 Å². The molecule has 1 N–H and O–H groups in total. The van der Waals surface area contributed by atoms with Crippen LogP contribution in [-0.4, -0.2) is 38.1 Å². The number of aliphatic hydroxyl groups is 1. The molecule has 1 aliphatic rings. The molecule has 1 saturated heterocycles. The van der Waals surface area contributed by atoms with Crippen molar-refractivity contribution in [3.63, 3.8) is 0 Å². The SMILES string of the molecule is CC(C)n1cc([C@]2(O)CCN(Cc3cccc4ccccc34)C2)nn1. The molecule has 4 rings (SSSR count). The van der Waals surface area contributed by atoms with E-state index in [1.807, 2.05) is 6.20 Å². The lowest BCUT2D eigenvalue weighted by Gasteiger charge is -2.21. The van der Waals surface area contributed by atoms with Crippen LogP contribution >= 0.6 is 0 Å². The summed E-state index contributed by atoms with van der Waals surface area (Å²) >= 11 is 0. The van der Waals surface area contributed by atoms with Gasteiger partial charge in [-0.2, -0.15) is 0 Å². The van der Waals surface area contributed by atoms with Gasteiger partial charge in [-0.3, -0.25) is 4.90 Å². The van der Waals surface area contributed by atoms with Gasteiger partial charge in [0.15, 0.2) is 0 Å². The van der Waals surface area contributed by atoms with Gasteiger partial charge in [0.2, 0.25) is 0 Å². The summed E-state index contributed by atoms with van der Waals surface area (Å²) in [4.78, 5) is 2.30. The summed E-state index contributed by atoms with van der Waals surface area (Å²) in [5, 5.41) is 22.0. The van der Waals surface area contributed by atoms with Crippen molar-refractivity contribution in [3.8, 4) is 0 Å². The summed E-state index contributed by atoms with van der Waals surface area (Å²) in [5.41, 5.74) is 1.08. The second-order valence-corrected chi connectivity index (χ2v) is 7.31. The van der Waals surface area contributed by atoms with Crippen LogP contribution in [0.15, 0.2) is 48.7 Å². The molecule has 0 aliphatic carbocycles. The maximum absolute atomic E-state index is 11.1. The molecule has 0 amide bonds. The molecular weight excluding hydrogens is 312 g/mol. The first-order valence-corrected chi connectivity index (χ1v) is 8.89. The van der Waals surface area contributed by atoms with Gasteiger partial charge in [0.1, 0.15) is 11.3 Å². The highest BCUT2D eigenvalue weighted by Gasteiger charge is 2.40. The van der Waals surface area contributed by atoms with E-state index in [4.69, 9.17) is 0 Å². The average molecular weight is 336 g/mol. The van der Waals surface area contributed by atoms with Crippen LogP contribution in [0.4, 0.5) is 0 Å². The Morgan fingerprint density at radius 1 is 1.16 bits per heavy atom. The van der Waals surface area contributed by atoms with Crippen molar-refractivity contribution in [1.82, 2.24) is 19.9 Å². The minimum Gasteiger partial charge on any atom is -0.382 e. The van der Waals surface area contributed by atoms with Gasteiger partial charge < -0.3 is 5.11 Å². The highest BCUT2D eigenvalue weighted by Crippen LogP contribution is 2.32. The number of benzene rings is 2. The Hall–Kier alpha value is -2.24. The Bertz CT molecular complexity index is 883. The molecule has 0 bridgehead atoms. The fourth-order valence-corrected chi connectivity index (χ4v) is 3.63. The summed E-state index contributed by atoms with van der Waals surface area (Å²) in [7, 11) is 0. The topological polar surface area (TPSA) is 54.2 Å². The summed E-state index contributed by atoms with van der Waals surface area (Å²) in [6.45, 7) is 6.40. The van der Waals surface area contributed by atoms with Gasteiger partial charge >= 0.3 is 0 Å². The van der Waals surface area contributed by atoms with Crippen molar-refractivity contribution < 1.29 is 5.11 Å². The van der Waals surface area contributed by atoms with Gasteiger partial charge in [0.25, 0.3) is 0 Å². The maximum Gasteiger partial charge on any atom is 0.124 e. The normalized spacial score (nSPS) is 21.4. The summed E-state index contributed by atoms with van der Waals surface area (Å²) in [6.07, 6.45) is 2.57. The van der Waals surface area contributed by atoms with Crippen LogP contribution in [0.1, 0.15) is 37.6 Å². The van der Waals surface area contributed by atoms with E-state index in [1.165, 1.54) is 16.3 Å². The van der Waals surface area contributed by atoms with E-state index < -0.39 is 5.60 Å². The van der Waals surface area contributed by atoms with Crippen LogP contribution in [0.25, 0.3) is 10.8 Å². The third-order valence-corrected chi connectivity index (χ3v) is 5.12. The second-order valence-electron chi connectivity index (χ2n) is 7.31. The lowest BCUT2D eigenvalue weighted by atomic mass is 10.00. The minimum atomic E-state index is -0.905. The van der Waals surface area contributed by atoms with Crippen molar-refractivity contribution in [2.24, 2.45) is 0 Å². The number of aromatic nitrogens is 3. The van der Waals surface area contributed by atoms with Crippen LogP contribution in [0.5, 0.6) is 0 Å². The Morgan fingerprint density at radius 3 is 2.76 bits per heavy atom. The maximum atomic E-state index is 11.1. The highest BCUT2D eigenvalue weighted by molar-refractivity contribution is 5.85. The number of β-amino-alcohol motifs (C(OH)–C–C–N with tert-alkyl or cyclic N) is 1. The fourth-order valence-electron chi connectivity index (χ4n) is 3.63. The van der Waals surface area contributed by atoms with Gasteiger partial charge in [-0.05, 0) is 36.6 Å². The van der Waals surface area contributed by atoms with Crippen LogP contribution in [0, 0.1) is 0 Å². The molecule has 5 heteroatoms. The van der Waals surface area contributed by atoms with E-state index in [0.29, 0.717) is 18.7 Å². The monoisotopic (exact) mass is 336 g/mol. The smallest absolute Gasteiger partial charge is 0.124 e. The standard InChI is InChI=1S/C20H24N4O/c1-15(2)24-13-19(21-22-24)20(25)10-11-23(14-20)12-17-8-5-7-16-6-3-4-9-18(16)17/h3-9,13,15,25H,10-12,14H2,1-2H3/t20-/m0/s1. The lowest BCUT2D eigenvalue weighted by molar-refractivity contribution is 0.0408. The van der Waals surface area contributed by atoms with E-state index in [-0.39, 0.29) is 6.04 Å². The van der Waals surface area contributed by atoms with Crippen molar-refractivity contribution in [2.75, 3.05) is 13.1 Å². The summed E-state index contributed by atoms with van der Waals surface area (Å²) in [5.74, 6) is 0. The molecule has 2 aromatic carbocycles. The predicted molar refractivity (Wildman–Crippen MR) is 98.1 cm³/mol. The molecule has 0 spiro atoms. The van der Waals surface area contributed by atoms with E-state index in [2.05, 4.69) is 71.5 Å². The molecule has 0 saturated carbocycles. The van der Waals surface area contributed by atoms with Crippen molar-refractivity contribution in [3.05, 3.63) is 59.9 Å². The molecular formula is C20H24N4O. The molecule has 1 atom stereocenters. The Labute approximate surface area is 147 Å². The van der Waals surface area contributed by atoms with Gasteiger partial charge in [0, 0.05) is 25.7 Å². The molecule has 1 aliphatic heterocycles. The zero-order valence-corrected chi connectivity index (χ0v) is 14.8. The molecule has 25 heavy (non-hydrogen) atoms. The fraction of sp³-hybridized carbons (Fsp3) is 0.400. The molecule has 0 radical (unpaired) electrons. The third kappa shape index (κ3) is 3.05. The average Bonchev–Trinajstić information content (AvgIpc) is 3.24. The largest absolute Gasteiger partial charge is 0.382 e. The Kier molecular flexibility index (Phi) is 4.06. The summed E-state index contributed by atoms with van der Waals surface area (Å²) < 4.78 is 1.81. The van der Waals surface area contributed by atoms with E-state index >= 15 is 0 Å². The molecule has 2 heterocycles. The lowest BCUT2D eigenvalue weighted by Crippen LogP contribution is -2.31. The molecule has 0 unspecified atom stereocenters. The minimum absolute atomic E-state index is 0.248. The number of likely N-dealkylation sites (tertiary alicyclic amines) is 1. The third-order valence-electron chi connectivity index (χ3n) is 5.12. The van der Waals surface area contributed by atoms with E-state index in [1.54, 1.807) is 4.68 Å². The molecule has 1 fully saturated rings. The van der Waals surface area contributed by atoms with Crippen LogP contribution in [0.2, 0.25) is 0 Å². The quantitative estimate of drug-likeness (QED) is 0.795. The number of fused-ring (bicyclic) bond motifs is 1. The van der Waals surface area contributed by atoms with Gasteiger partial charge in [-0.15, -0.1) is 5.10 Å². The number of hydrogen-bond acceptors (Lipinski definition) is 4. The Morgan fingerprint density at radius 2 is 1.96 bits per heavy atom. The highest BCUT2D eigenvalue weighted by atomic mass is 16.3. The van der Waals surface area contributed by atoms with Crippen molar-refractivity contribution in [2.45, 2.75) is 38.5 Å². The molecule has 130 valence electrons. The van der Waals surface area contributed by atoms with E-state index in [9.17, 15) is 5.11 Å². The molecule has 5 nitrogen and oxygen atoms in total. The number of hydrogen-bond donors (Lipinski definition) is 1. The van der Waals surface area contributed by atoms with Gasteiger partial charge in [-0.1, -0.05) is 47.7 Å². The van der Waals surface area contributed by atoms with Gasteiger partial charge in [-0.25, -0.2) is 4.68 Å². The van der Waals surface area contributed by atoms with Crippen LogP contribution in [-0.2, 0) is 12.1 Å². The van der Waals surface area contributed by atoms with Crippen LogP contribution < -0.4 is 0 Å². The molecule has 3 aromatic rings. The number of nitrogens with zero attached hydrogens (tertiary/aromatic N) is 4. The Balaban J connectivity index is 1.53. The first kappa shape index (κ1) is 16.2. The first-order valence-electron chi connectivity index (χ1n) is 8.89. The predicted octanol–water partition coefficient (Wildman–Crippen LogP) is 3.11. The summed E-state index contributed by atoms with van der Waals surface area (Å²) in [6, 6.07) is 15.1.